The summed E-state index contributed by atoms with van der Waals surface area (Å²) in [6, 6.07) is 22.1. The molecule has 0 bridgehead atoms. The van der Waals surface area contributed by atoms with E-state index in [-0.39, 0.29) is 0 Å². The van der Waals surface area contributed by atoms with Gasteiger partial charge in [0.2, 0.25) is 0 Å². The highest BCUT2D eigenvalue weighted by Gasteiger charge is 1.80. The summed E-state index contributed by atoms with van der Waals surface area (Å²) in [6.45, 7) is 2.69. The molecule has 0 radical (unpaired) electrons. The van der Waals surface area contributed by atoms with Crippen LogP contribution in [0.3, 0.4) is 0 Å². The Bertz CT molecular complexity index is 366. The number of benzene rings is 2. The van der Waals surface area contributed by atoms with Gasteiger partial charge in [0, 0.05) is 0 Å². The minimum atomic E-state index is 0.726. The zero-order chi connectivity index (χ0) is 12.2. The molecule has 0 fully saturated rings. The Morgan fingerprint density at radius 2 is 1.29 bits per heavy atom. The van der Waals surface area contributed by atoms with Crippen LogP contribution in [0.5, 0.6) is 0 Å². The fourth-order valence-corrected chi connectivity index (χ4v) is 1.17. The van der Waals surface area contributed by atoms with Gasteiger partial charge in [0.1, 0.15) is 0 Å². The summed E-state index contributed by atoms with van der Waals surface area (Å²) >= 11 is 0. The van der Waals surface area contributed by atoms with E-state index in [4.69, 9.17) is 4.74 Å². The molecule has 1 nitrogen and oxygen atoms in total. The summed E-state index contributed by atoms with van der Waals surface area (Å²) in [5.74, 6) is 0. The van der Waals surface area contributed by atoms with E-state index in [1.165, 1.54) is 5.56 Å². The van der Waals surface area contributed by atoms with Gasteiger partial charge >= 0.3 is 0 Å². The van der Waals surface area contributed by atoms with Crippen molar-refractivity contribution in [3.8, 4) is 0 Å². The summed E-state index contributed by atoms with van der Waals surface area (Å²) in [6.07, 6.45) is 3.67. The lowest BCUT2D eigenvalue weighted by atomic mass is 10.2. The van der Waals surface area contributed by atoms with Gasteiger partial charge in [0.25, 0.3) is 0 Å². The maximum Gasteiger partial charge on any atom is 0.0845 e. The van der Waals surface area contributed by atoms with E-state index in [0.29, 0.717) is 0 Å². The van der Waals surface area contributed by atoms with E-state index in [9.17, 15) is 0 Å². The van der Waals surface area contributed by atoms with Crippen LogP contribution in [0, 0.1) is 0 Å². The van der Waals surface area contributed by atoms with Crippen LogP contribution in [0.15, 0.2) is 73.0 Å². The quantitative estimate of drug-likeness (QED) is 0.706. The van der Waals surface area contributed by atoms with Gasteiger partial charge in [0.15, 0.2) is 0 Å². The van der Waals surface area contributed by atoms with Crippen molar-refractivity contribution in [1.82, 2.24) is 0 Å². The Morgan fingerprint density at radius 3 is 1.76 bits per heavy atom. The molecule has 0 saturated carbocycles. The van der Waals surface area contributed by atoms with E-state index < -0.39 is 0 Å². The Morgan fingerprint density at radius 1 is 0.824 bits per heavy atom. The summed E-state index contributed by atoms with van der Waals surface area (Å²) in [5.41, 5.74) is 1.17. The number of hydrogen-bond acceptors (Lipinski definition) is 1. The molecule has 0 N–H and O–H groups in total. The van der Waals surface area contributed by atoms with Crippen LogP contribution in [-0.4, -0.2) is 6.61 Å². The monoisotopic (exact) mass is 226 g/mol. The molecule has 88 valence electrons. The molecule has 0 spiro atoms. The van der Waals surface area contributed by atoms with Gasteiger partial charge < -0.3 is 4.74 Å². The third kappa shape index (κ3) is 6.96. The van der Waals surface area contributed by atoms with Gasteiger partial charge in [-0.2, -0.15) is 0 Å². The summed E-state index contributed by atoms with van der Waals surface area (Å²) in [5, 5.41) is 0. The van der Waals surface area contributed by atoms with Crippen molar-refractivity contribution in [2.45, 2.75) is 6.92 Å². The molecule has 0 aliphatic carbocycles. The molecule has 0 amide bonds. The maximum atomic E-state index is 5.06. The highest BCUT2D eigenvalue weighted by molar-refractivity contribution is 5.47. The molecular formula is C16H18O. The summed E-state index contributed by atoms with van der Waals surface area (Å²) in [4.78, 5) is 0. The summed E-state index contributed by atoms with van der Waals surface area (Å²) < 4.78 is 5.06. The van der Waals surface area contributed by atoms with Gasteiger partial charge in [-0.3, -0.25) is 0 Å². The first-order chi connectivity index (χ1) is 8.43. The zero-order valence-electron chi connectivity index (χ0n) is 10.1. The second-order valence-electron chi connectivity index (χ2n) is 3.32. The van der Waals surface area contributed by atoms with E-state index in [0.717, 1.165) is 6.61 Å². The standard InChI is InChI=1S/C10H12O.C6H6/c1-2-11-9-8-10-6-4-3-5-7-10;1-2-4-6-5-3-1/h3-9H,2H2,1H3;1-6H. The van der Waals surface area contributed by atoms with Gasteiger partial charge in [-0.25, -0.2) is 0 Å². The average Bonchev–Trinajstić information content (AvgIpc) is 2.43. The van der Waals surface area contributed by atoms with Crippen LogP contribution in [0.2, 0.25) is 0 Å². The van der Waals surface area contributed by atoms with Gasteiger partial charge in [-0.15, -0.1) is 0 Å². The van der Waals surface area contributed by atoms with E-state index in [2.05, 4.69) is 0 Å². The van der Waals surface area contributed by atoms with Gasteiger partial charge in [0.05, 0.1) is 12.9 Å². The van der Waals surface area contributed by atoms with E-state index >= 15 is 0 Å². The fraction of sp³-hybridized carbons (Fsp3) is 0.125. The molecule has 0 aliphatic rings. The van der Waals surface area contributed by atoms with Crippen molar-refractivity contribution >= 4 is 6.08 Å². The molecule has 2 aromatic carbocycles. The predicted octanol–water partition coefficient (Wildman–Crippen LogP) is 4.38. The molecule has 0 unspecified atom stereocenters. The highest BCUT2D eigenvalue weighted by Crippen LogP contribution is 2.00. The lowest BCUT2D eigenvalue weighted by molar-refractivity contribution is 0.272. The zero-order valence-corrected chi connectivity index (χ0v) is 10.1. The molecule has 2 aromatic rings. The summed E-state index contributed by atoms with van der Waals surface area (Å²) in [7, 11) is 0. The smallest absolute Gasteiger partial charge is 0.0845 e. The van der Waals surface area contributed by atoms with Crippen LogP contribution in [0.25, 0.3) is 6.08 Å². The average molecular weight is 226 g/mol. The first-order valence-electron chi connectivity index (χ1n) is 5.76. The number of ether oxygens (including phenoxy) is 1. The molecule has 0 saturated heterocycles. The van der Waals surface area contributed by atoms with Crippen molar-refractivity contribution in [3.63, 3.8) is 0 Å². The second-order valence-corrected chi connectivity index (χ2v) is 3.32. The SMILES string of the molecule is CCOC=Cc1ccccc1.c1ccccc1. The molecular weight excluding hydrogens is 208 g/mol. The number of rotatable bonds is 3. The molecule has 0 heterocycles. The lowest BCUT2D eigenvalue weighted by Crippen LogP contribution is -1.76. The Balaban J connectivity index is 0.000000202. The third-order valence-corrected chi connectivity index (χ3v) is 1.99. The first kappa shape index (κ1) is 13.0. The molecule has 1 heteroatoms. The normalized spacial score (nSPS) is 9.47. The lowest BCUT2D eigenvalue weighted by Gasteiger charge is -1.92. The highest BCUT2D eigenvalue weighted by atomic mass is 16.5. The van der Waals surface area contributed by atoms with Crippen LogP contribution in [-0.2, 0) is 4.74 Å². The van der Waals surface area contributed by atoms with Crippen molar-refractivity contribution in [1.29, 1.82) is 0 Å². The maximum absolute atomic E-state index is 5.06. The topological polar surface area (TPSA) is 9.23 Å². The Kier molecular flexibility index (Phi) is 7.08. The van der Waals surface area contributed by atoms with Gasteiger partial charge in [-0.05, 0) is 18.6 Å². The third-order valence-electron chi connectivity index (χ3n) is 1.99. The predicted molar refractivity (Wildman–Crippen MR) is 73.5 cm³/mol. The van der Waals surface area contributed by atoms with Crippen molar-refractivity contribution in [3.05, 3.63) is 78.6 Å². The molecule has 0 aliphatic heterocycles. The van der Waals surface area contributed by atoms with Crippen LogP contribution in [0.1, 0.15) is 12.5 Å². The number of hydrogen-bond donors (Lipinski definition) is 0. The molecule has 2 rings (SSSR count). The first-order valence-corrected chi connectivity index (χ1v) is 5.76. The fourth-order valence-electron chi connectivity index (χ4n) is 1.17. The Hall–Kier alpha value is -2.02. The minimum absolute atomic E-state index is 0.726. The minimum Gasteiger partial charge on any atom is -0.501 e. The molecule has 17 heavy (non-hydrogen) atoms. The van der Waals surface area contributed by atoms with E-state index in [1.54, 1.807) is 6.26 Å². The molecule has 0 atom stereocenters. The largest absolute Gasteiger partial charge is 0.501 e. The van der Waals surface area contributed by atoms with E-state index in [1.807, 2.05) is 79.7 Å². The van der Waals surface area contributed by atoms with Crippen LogP contribution >= 0.6 is 0 Å². The van der Waals surface area contributed by atoms with Crippen LogP contribution in [0.4, 0.5) is 0 Å². The van der Waals surface area contributed by atoms with Crippen molar-refractivity contribution in [2.24, 2.45) is 0 Å². The van der Waals surface area contributed by atoms with Crippen molar-refractivity contribution < 1.29 is 4.74 Å². The van der Waals surface area contributed by atoms with Crippen LogP contribution < -0.4 is 0 Å². The Labute approximate surface area is 103 Å². The van der Waals surface area contributed by atoms with Crippen molar-refractivity contribution in [2.75, 3.05) is 6.61 Å². The molecule has 0 aromatic heterocycles. The van der Waals surface area contributed by atoms with Gasteiger partial charge in [-0.1, -0.05) is 66.7 Å². The second kappa shape index (κ2) is 9.22.